The number of nitrogens with zero attached hydrogens (tertiary/aromatic N) is 6. The van der Waals surface area contributed by atoms with Crippen LogP contribution < -0.4 is 9.21 Å². The number of rotatable bonds is 7. The summed E-state index contributed by atoms with van der Waals surface area (Å²) in [5.74, 6) is 0.391. The third-order valence-electron chi connectivity index (χ3n) is 7.18. The van der Waals surface area contributed by atoms with Gasteiger partial charge in [-0.3, -0.25) is 13.7 Å². The third-order valence-corrected chi connectivity index (χ3v) is 9.37. The molecular formula is C33H38Cl2N6O6S. The zero-order valence-electron chi connectivity index (χ0n) is 27.6. The number of sulfonamides is 1. The third kappa shape index (κ3) is 8.31. The number of carbonyl (C=O) groups is 2. The molecule has 1 saturated heterocycles. The van der Waals surface area contributed by atoms with Gasteiger partial charge in [0.15, 0.2) is 0 Å². The van der Waals surface area contributed by atoms with Crippen molar-refractivity contribution in [3.63, 3.8) is 0 Å². The molecule has 1 aliphatic rings. The minimum Gasteiger partial charge on any atom is -0.459 e. The van der Waals surface area contributed by atoms with Crippen molar-refractivity contribution in [1.82, 2.24) is 19.4 Å². The van der Waals surface area contributed by atoms with Crippen LogP contribution >= 0.6 is 23.2 Å². The molecule has 2 aromatic heterocycles. The van der Waals surface area contributed by atoms with Gasteiger partial charge in [0.2, 0.25) is 5.95 Å². The minimum absolute atomic E-state index is 0.137. The lowest BCUT2D eigenvalue weighted by Gasteiger charge is -2.36. The van der Waals surface area contributed by atoms with Crippen molar-refractivity contribution < 1.29 is 27.5 Å². The Morgan fingerprint density at radius 2 is 1.52 bits per heavy atom. The Morgan fingerprint density at radius 1 is 0.875 bits per heavy atom. The molecule has 3 heterocycles. The van der Waals surface area contributed by atoms with Crippen molar-refractivity contribution in [2.45, 2.75) is 57.6 Å². The Morgan fingerprint density at radius 3 is 2.15 bits per heavy atom. The van der Waals surface area contributed by atoms with Crippen LogP contribution in [0.15, 0.2) is 65.8 Å². The van der Waals surface area contributed by atoms with Crippen LogP contribution in [0, 0.1) is 0 Å². The second-order valence-corrected chi connectivity index (χ2v) is 16.0. The van der Waals surface area contributed by atoms with Crippen LogP contribution in [0.3, 0.4) is 0 Å². The summed E-state index contributed by atoms with van der Waals surface area (Å²) >= 11 is 12.3. The lowest BCUT2D eigenvalue weighted by molar-refractivity contribution is -0.152. The number of aromatic nitrogens is 3. The SMILES string of the molecule is CC(C)(C)OC(=O)CN(c1ccc2c(ccn2-c2nccc(N3CCN(C(=O)OC(C)(C)C)CC3)n2)c1)S(=O)(=O)c1cc(Cl)cc(Cl)c1. The van der Waals surface area contributed by atoms with Gasteiger partial charge in [0, 0.05) is 54.0 Å². The fraction of sp³-hybridized carbons (Fsp3) is 0.394. The van der Waals surface area contributed by atoms with E-state index in [-0.39, 0.29) is 26.7 Å². The second kappa shape index (κ2) is 13.4. The standard InChI is InChI=1S/C33H38Cl2N6O6S/c1-32(2,3)46-29(42)21-41(48(44,45)26-19-23(34)18-24(35)20-26)25-7-8-27-22(17-25)10-12-40(27)30-36-11-9-28(37-30)38-13-15-39(16-14-38)31(43)47-33(4,5)6/h7-12,17-20H,13-16,21H2,1-6H3. The summed E-state index contributed by atoms with van der Waals surface area (Å²) in [6.07, 6.45) is 3.12. The van der Waals surface area contributed by atoms with Gasteiger partial charge in [0.05, 0.1) is 16.1 Å². The number of ether oxygens (including phenoxy) is 2. The van der Waals surface area contributed by atoms with Crippen molar-refractivity contribution in [3.05, 3.63) is 71.0 Å². The van der Waals surface area contributed by atoms with E-state index in [1.165, 1.54) is 18.2 Å². The highest BCUT2D eigenvalue weighted by Gasteiger charge is 2.31. The molecule has 1 fully saturated rings. The van der Waals surface area contributed by atoms with Crippen molar-refractivity contribution >= 4 is 67.7 Å². The molecule has 15 heteroatoms. The second-order valence-electron chi connectivity index (χ2n) is 13.3. The molecular weight excluding hydrogens is 679 g/mol. The normalized spacial score (nSPS) is 14.2. The average Bonchev–Trinajstić information content (AvgIpc) is 3.41. The van der Waals surface area contributed by atoms with Gasteiger partial charge in [-0.15, -0.1) is 0 Å². The van der Waals surface area contributed by atoms with Gasteiger partial charge in [-0.25, -0.2) is 18.2 Å². The molecule has 0 bridgehead atoms. The number of hydrogen-bond donors (Lipinski definition) is 0. The van der Waals surface area contributed by atoms with E-state index < -0.39 is 33.7 Å². The zero-order chi connectivity index (χ0) is 35.0. The van der Waals surface area contributed by atoms with Crippen LogP contribution in [0.4, 0.5) is 16.3 Å². The Balaban J connectivity index is 1.42. The first kappa shape index (κ1) is 35.2. The number of piperazine rings is 1. The van der Waals surface area contributed by atoms with E-state index in [9.17, 15) is 18.0 Å². The molecule has 0 N–H and O–H groups in total. The molecule has 0 atom stereocenters. The molecule has 256 valence electrons. The van der Waals surface area contributed by atoms with Gasteiger partial charge in [-0.05, 0) is 90.1 Å². The first-order valence-electron chi connectivity index (χ1n) is 15.3. The summed E-state index contributed by atoms with van der Waals surface area (Å²) in [7, 11) is -4.31. The van der Waals surface area contributed by atoms with E-state index in [4.69, 9.17) is 37.7 Å². The van der Waals surface area contributed by atoms with Crippen molar-refractivity contribution in [2.75, 3.05) is 41.9 Å². The number of hydrogen-bond acceptors (Lipinski definition) is 9. The van der Waals surface area contributed by atoms with Gasteiger partial charge in [-0.1, -0.05) is 23.2 Å². The molecule has 4 aromatic rings. The maximum absolute atomic E-state index is 13.9. The topological polar surface area (TPSA) is 127 Å². The van der Waals surface area contributed by atoms with Gasteiger partial charge in [-0.2, -0.15) is 4.98 Å². The predicted octanol–water partition coefficient (Wildman–Crippen LogP) is 6.32. The van der Waals surface area contributed by atoms with Crippen LogP contribution in [0.5, 0.6) is 0 Å². The molecule has 0 radical (unpaired) electrons. The summed E-state index contributed by atoms with van der Waals surface area (Å²) in [6.45, 7) is 12.2. The Hall–Kier alpha value is -4.07. The van der Waals surface area contributed by atoms with Crippen molar-refractivity contribution in [1.29, 1.82) is 0 Å². The van der Waals surface area contributed by atoms with Crippen LogP contribution in [-0.2, 0) is 24.3 Å². The zero-order valence-corrected chi connectivity index (χ0v) is 29.9. The minimum atomic E-state index is -4.31. The molecule has 12 nitrogen and oxygen atoms in total. The van der Waals surface area contributed by atoms with E-state index >= 15 is 0 Å². The average molecular weight is 718 g/mol. The van der Waals surface area contributed by atoms with Gasteiger partial charge in [0.25, 0.3) is 10.0 Å². The first-order chi connectivity index (χ1) is 22.4. The molecule has 0 spiro atoms. The highest BCUT2D eigenvalue weighted by atomic mass is 35.5. The summed E-state index contributed by atoms with van der Waals surface area (Å²) in [5.41, 5.74) is -0.441. The Labute approximate surface area is 290 Å². The lowest BCUT2D eigenvalue weighted by atomic mass is 10.2. The van der Waals surface area contributed by atoms with E-state index in [0.29, 0.717) is 48.8 Å². The number of amides is 1. The Bertz CT molecular complexity index is 1930. The van der Waals surface area contributed by atoms with Gasteiger partial charge >= 0.3 is 12.1 Å². The fourth-order valence-corrected chi connectivity index (χ4v) is 7.27. The monoisotopic (exact) mass is 716 g/mol. The molecule has 0 aliphatic carbocycles. The quantitative estimate of drug-likeness (QED) is 0.202. The maximum atomic E-state index is 13.9. The van der Waals surface area contributed by atoms with E-state index in [2.05, 4.69) is 9.88 Å². The molecule has 1 amide bonds. The highest BCUT2D eigenvalue weighted by molar-refractivity contribution is 7.92. The maximum Gasteiger partial charge on any atom is 0.410 e. The molecule has 0 unspecified atom stereocenters. The van der Waals surface area contributed by atoms with E-state index in [1.807, 2.05) is 32.9 Å². The number of anilines is 2. The first-order valence-corrected chi connectivity index (χ1v) is 17.5. The van der Waals surface area contributed by atoms with Crippen LogP contribution in [0.2, 0.25) is 10.0 Å². The molecule has 0 saturated carbocycles. The Kier molecular flexibility index (Phi) is 9.87. The number of halogens is 2. The van der Waals surface area contributed by atoms with Crippen molar-refractivity contribution in [2.24, 2.45) is 0 Å². The van der Waals surface area contributed by atoms with Crippen LogP contribution in [-0.4, -0.2) is 83.8 Å². The van der Waals surface area contributed by atoms with Gasteiger partial charge < -0.3 is 19.3 Å². The molecule has 1 aliphatic heterocycles. The summed E-state index contributed by atoms with van der Waals surface area (Å²) in [4.78, 5) is 38.3. The highest BCUT2D eigenvalue weighted by Crippen LogP contribution is 2.31. The van der Waals surface area contributed by atoms with Crippen LogP contribution in [0.1, 0.15) is 41.5 Å². The smallest absolute Gasteiger partial charge is 0.410 e. The molecule has 2 aromatic carbocycles. The van der Waals surface area contributed by atoms with Crippen molar-refractivity contribution in [3.8, 4) is 5.95 Å². The molecule has 5 rings (SSSR count). The summed E-state index contributed by atoms with van der Waals surface area (Å²) < 4.78 is 41.7. The van der Waals surface area contributed by atoms with E-state index in [1.54, 1.807) is 60.8 Å². The largest absolute Gasteiger partial charge is 0.459 e. The summed E-state index contributed by atoms with van der Waals surface area (Å²) in [5, 5.41) is 0.955. The lowest BCUT2D eigenvalue weighted by Crippen LogP contribution is -2.50. The van der Waals surface area contributed by atoms with Gasteiger partial charge in [0.1, 0.15) is 23.6 Å². The fourth-order valence-electron chi connectivity index (χ4n) is 5.15. The van der Waals surface area contributed by atoms with E-state index in [0.717, 1.165) is 4.31 Å². The predicted molar refractivity (Wildman–Crippen MR) is 186 cm³/mol. The van der Waals surface area contributed by atoms with Crippen LogP contribution in [0.25, 0.3) is 16.9 Å². The molecule has 48 heavy (non-hydrogen) atoms. The number of esters is 1. The summed E-state index contributed by atoms with van der Waals surface area (Å²) in [6, 6.07) is 12.6. The number of carbonyl (C=O) groups excluding carboxylic acids is 2. The number of benzene rings is 2. The number of fused-ring (bicyclic) bond motifs is 1.